The third kappa shape index (κ3) is 5.83. The zero-order valence-electron chi connectivity index (χ0n) is 14.4. The van der Waals surface area contributed by atoms with Gasteiger partial charge in [-0.15, -0.1) is 11.8 Å². The molecule has 1 aliphatic heterocycles. The van der Waals surface area contributed by atoms with Gasteiger partial charge < -0.3 is 10.0 Å². The minimum absolute atomic E-state index is 0.0574. The topological polar surface area (TPSA) is 60.9 Å². The minimum Gasteiger partial charge on any atom is -0.480 e. The normalized spacial score (nSPS) is 18.5. The Morgan fingerprint density at radius 3 is 2.62 bits per heavy atom. The van der Waals surface area contributed by atoms with E-state index >= 15 is 0 Å². The number of amides is 1. The zero-order valence-corrected chi connectivity index (χ0v) is 15.2. The molecule has 0 aromatic heterocycles. The first-order valence-corrected chi connectivity index (χ1v) is 9.33. The molecule has 1 atom stereocenters. The van der Waals surface area contributed by atoms with Gasteiger partial charge in [0.1, 0.15) is 0 Å². The lowest BCUT2D eigenvalue weighted by atomic mass is 10.1. The lowest BCUT2D eigenvalue weighted by molar-refractivity contribution is -0.138. The number of carbonyl (C=O) groups is 2. The molecule has 1 aromatic carbocycles. The number of carboxylic acid groups (broad SMARTS) is 1. The zero-order chi connectivity index (χ0) is 17.5. The van der Waals surface area contributed by atoms with Crippen molar-refractivity contribution in [3.05, 3.63) is 29.8 Å². The Morgan fingerprint density at radius 1 is 1.25 bits per heavy atom. The van der Waals surface area contributed by atoms with E-state index in [0.717, 1.165) is 30.7 Å². The SMILES string of the molecule is Cc1ccc(SCC(=O)N2CCCC(N(C)CC(=O)O)CC2)cc1. The van der Waals surface area contributed by atoms with Gasteiger partial charge in [-0.05, 0) is 45.4 Å². The van der Waals surface area contributed by atoms with Gasteiger partial charge in [0.2, 0.25) is 5.91 Å². The van der Waals surface area contributed by atoms with Crippen LogP contribution < -0.4 is 0 Å². The Bertz CT molecular complexity index is 562. The van der Waals surface area contributed by atoms with E-state index in [2.05, 4.69) is 19.1 Å². The Kier molecular flexibility index (Phi) is 7.12. The summed E-state index contributed by atoms with van der Waals surface area (Å²) in [4.78, 5) is 28.2. The van der Waals surface area contributed by atoms with Crippen LogP contribution in [0.4, 0.5) is 0 Å². The standard InChI is InChI=1S/C18H26N2O3S/c1-14-5-7-16(8-6-14)24-13-17(21)20-10-3-4-15(9-11-20)19(2)12-18(22)23/h5-8,15H,3-4,9-13H2,1-2H3,(H,22,23). The van der Waals surface area contributed by atoms with Crippen LogP contribution in [-0.2, 0) is 9.59 Å². The molecule has 1 saturated heterocycles. The summed E-state index contributed by atoms with van der Waals surface area (Å²) in [5.41, 5.74) is 1.22. The lowest BCUT2D eigenvalue weighted by Crippen LogP contribution is -2.37. The fourth-order valence-corrected chi connectivity index (χ4v) is 3.78. The van der Waals surface area contributed by atoms with Crippen LogP contribution in [0.1, 0.15) is 24.8 Å². The maximum Gasteiger partial charge on any atom is 0.317 e. The molecule has 2 rings (SSSR count). The van der Waals surface area contributed by atoms with Crippen molar-refractivity contribution < 1.29 is 14.7 Å². The highest BCUT2D eigenvalue weighted by Crippen LogP contribution is 2.21. The Labute approximate surface area is 148 Å². The van der Waals surface area contributed by atoms with Crippen molar-refractivity contribution >= 4 is 23.6 Å². The summed E-state index contributed by atoms with van der Waals surface area (Å²) in [5.74, 6) is -0.176. The molecule has 1 N–H and O–H groups in total. The molecule has 1 heterocycles. The molecule has 1 fully saturated rings. The number of rotatable bonds is 6. The molecule has 1 unspecified atom stereocenters. The van der Waals surface area contributed by atoms with Gasteiger partial charge in [-0.2, -0.15) is 0 Å². The second kappa shape index (κ2) is 9.08. The molecule has 0 bridgehead atoms. The van der Waals surface area contributed by atoms with Crippen LogP contribution in [0.5, 0.6) is 0 Å². The fraction of sp³-hybridized carbons (Fsp3) is 0.556. The summed E-state index contributed by atoms with van der Waals surface area (Å²) < 4.78 is 0. The molecule has 1 amide bonds. The van der Waals surface area contributed by atoms with Gasteiger partial charge in [0.05, 0.1) is 12.3 Å². The molecular formula is C18H26N2O3S. The van der Waals surface area contributed by atoms with Crippen LogP contribution in [0.25, 0.3) is 0 Å². The summed E-state index contributed by atoms with van der Waals surface area (Å²) in [5, 5.41) is 8.91. The van der Waals surface area contributed by atoms with Crippen LogP contribution in [0.2, 0.25) is 0 Å². The predicted molar refractivity (Wildman–Crippen MR) is 96.4 cm³/mol. The molecule has 5 nitrogen and oxygen atoms in total. The number of aryl methyl sites for hydroxylation is 1. The Morgan fingerprint density at radius 2 is 1.96 bits per heavy atom. The Hall–Kier alpha value is -1.53. The molecule has 6 heteroatoms. The number of hydrogen-bond acceptors (Lipinski definition) is 4. The highest BCUT2D eigenvalue weighted by Gasteiger charge is 2.23. The van der Waals surface area contributed by atoms with E-state index in [9.17, 15) is 9.59 Å². The number of likely N-dealkylation sites (N-methyl/N-ethyl adjacent to an activating group) is 1. The van der Waals surface area contributed by atoms with E-state index in [4.69, 9.17) is 5.11 Å². The van der Waals surface area contributed by atoms with E-state index in [1.807, 2.05) is 29.0 Å². The van der Waals surface area contributed by atoms with Gasteiger partial charge in [0.25, 0.3) is 0 Å². The van der Waals surface area contributed by atoms with Crippen molar-refractivity contribution in [1.82, 2.24) is 9.80 Å². The van der Waals surface area contributed by atoms with Gasteiger partial charge >= 0.3 is 5.97 Å². The first-order valence-electron chi connectivity index (χ1n) is 8.35. The van der Waals surface area contributed by atoms with Gasteiger partial charge in [0.15, 0.2) is 0 Å². The third-order valence-electron chi connectivity index (χ3n) is 4.44. The first kappa shape index (κ1) is 18.8. The molecule has 0 aliphatic carbocycles. The summed E-state index contributed by atoms with van der Waals surface area (Å²) in [6, 6.07) is 8.45. The van der Waals surface area contributed by atoms with Crippen molar-refractivity contribution in [1.29, 1.82) is 0 Å². The second-order valence-electron chi connectivity index (χ2n) is 6.38. The average molecular weight is 350 g/mol. The highest BCUT2D eigenvalue weighted by atomic mass is 32.2. The van der Waals surface area contributed by atoms with Crippen LogP contribution in [0.15, 0.2) is 29.2 Å². The largest absolute Gasteiger partial charge is 0.480 e. The fourth-order valence-electron chi connectivity index (χ4n) is 2.98. The smallest absolute Gasteiger partial charge is 0.317 e. The maximum absolute atomic E-state index is 12.4. The van der Waals surface area contributed by atoms with E-state index in [0.29, 0.717) is 12.3 Å². The number of carboxylic acids is 1. The van der Waals surface area contributed by atoms with Crippen molar-refractivity contribution in [2.45, 2.75) is 37.1 Å². The van der Waals surface area contributed by atoms with E-state index in [1.54, 1.807) is 11.8 Å². The molecule has 24 heavy (non-hydrogen) atoms. The van der Waals surface area contributed by atoms with E-state index in [-0.39, 0.29) is 18.5 Å². The summed E-state index contributed by atoms with van der Waals surface area (Å²) >= 11 is 1.57. The number of hydrogen-bond donors (Lipinski definition) is 1. The molecule has 1 aromatic rings. The number of aliphatic carboxylic acids is 1. The van der Waals surface area contributed by atoms with Crippen LogP contribution in [0, 0.1) is 6.92 Å². The van der Waals surface area contributed by atoms with Gasteiger partial charge in [-0.25, -0.2) is 0 Å². The number of benzene rings is 1. The van der Waals surface area contributed by atoms with Crippen molar-refractivity contribution in [3.63, 3.8) is 0 Å². The number of carbonyl (C=O) groups excluding carboxylic acids is 1. The van der Waals surface area contributed by atoms with Crippen molar-refractivity contribution in [3.8, 4) is 0 Å². The average Bonchev–Trinajstić information content (AvgIpc) is 2.79. The quantitative estimate of drug-likeness (QED) is 0.799. The van der Waals surface area contributed by atoms with Gasteiger partial charge in [-0.3, -0.25) is 14.5 Å². The number of nitrogens with zero attached hydrogens (tertiary/aromatic N) is 2. The second-order valence-corrected chi connectivity index (χ2v) is 7.42. The molecule has 1 aliphatic rings. The van der Waals surface area contributed by atoms with E-state index < -0.39 is 5.97 Å². The van der Waals surface area contributed by atoms with E-state index in [1.165, 1.54) is 5.56 Å². The van der Waals surface area contributed by atoms with Gasteiger partial charge in [-0.1, -0.05) is 17.7 Å². The van der Waals surface area contributed by atoms with Crippen molar-refractivity contribution in [2.75, 3.05) is 32.4 Å². The predicted octanol–water partition coefficient (Wildman–Crippen LogP) is 2.48. The molecule has 0 saturated carbocycles. The molecular weight excluding hydrogens is 324 g/mol. The summed E-state index contributed by atoms with van der Waals surface area (Å²) in [6.45, 7) is 3.59. The summed E-state index contributed by atoms with van der Waals surface area (Å²) in [7, 11) is 1.85. The maximum atomic E-state index is 12.4. The van der Waals surface area contributed by atoms with Gasteiger partial charge in [0, 0.05) is 24.0 Å². The lowest BCUT2D eigenvalue weighted by Gasteiger charge is -2.25. The van der Waals surface area contributed by atoms with Crippen molar-refractivity contribution in [2.24, 2.45) is 0 Å². The van der Waals surface area contributed by atoms with Crippen LogP contribution in [-0.4, -0.2) is 65.3 Å². The monoisotopic (exact) mass is 350 g/mol. The molecule has 0 spiro atoms. The summed E-state index contributed by atoms with van der Waals surface area (Å²) in [6.07, 6.45) is 2.71. The number of thioether (sulfide) groups is 1. The van der Waals surface area contributed by atoms with Crippen LogP contribution >= 0.6 is 11.8 Å². The Balaban J connectivity index is 1.81. The molecule has 132 valence electrons. The highest BCUT2D eigenvalue weighted by molar-refractivity contribution is 8.00. The molecule has 0 radical (unpaired) electrons. The first-order chi connectivity index (χ1) is 11.5. The van der Waals surface area contributed by atoms with Crippen LogP contribution in [0.3, 0.4) is 0 Å². The number of likely N-dealkylation sites (tertiary alicyclic amines) is 1. The minimum atomic E-state index is -0.802. The third-order valence-corrected chi connectivity index (χ3v) is 5.44.